The second kappa shape index (κ2) is 6.28. The van der Waals surface area contributed by atoms with Crippen LogP contribution in [0.3, 0.4) is 0 Å². The van der Waals surface area contributed by atoms with Gasteiger partial charge in [-0.2, -0.15) is 4.31 Å². The van der Waals surface area contributed by atoms with Crippen LogP contribution in [0.5, 0.6) is 0 Å². The molecular formula is C9H19Cl2NO2S. The maximum atomic E-state index is 11.9. The molecule has 0 aromatic heterocycles. The van der Waals surface area contributed by atoms with E-state index in [0.717, 1.165) is 0 Å². The van der Waals surface area contributed by atoms with Gasteiger partial charge in [0.15, 0.2) is 0 Å². The molecule has 0 amide bonds. The summed E-state index contributed by atoms with van der Waals surface area (Å²) in [6.07, 6.45) is 0. The van der Waals surface area contributed by atoms with Crippen LogP contribution in [0.1, 0.15) is 20.8 Å². The maximum Gasteiger partial charge on any atom is 0.214 e. The fourth-order valence-corrected chi connectivity index (χ4v) is 3.84. The summed E-state index contributed by atoms with van der Waals surface area (Å²) < 4.78 is 25.2. The summed E-state index contributed by atoms with van der Waals surface area (Å²) in [6, 6.07) is 0. The quantitative estimate of drug-likeness (QED) is 0.697. The van der Waals surface area contributed by atoms with Gasteiger partial charge in [-0.3, -0.25) is 0 Å². The van der Waals surface area contributed by atoms with Crippen LogP contribution in [-0.4, -0.2) is 43.3 Å². The summed E-state index contributed by atoms with van der Waals surface area (Å²) in [5.41, 5.74) is -0.254. The molecule has 0 heterocycles. The van der Waals surface area contributed by atoms with Crippen molar-refractivity contribution in [2.75, 3.05) is 30.6 Å². The van der Waals surface area contributed by atoms with Crippen molar-refractivity contribution < 1.29 is 8.42 Å². The van der Waals surface area contributed by atoms with Crippen molar-refractivity contribution >= 4 is 33.2 Å². The van der Waals surface area contributed by atoms with Gasteiger partial charge in [-0.25, -0.2) is 8.42 Å². The molecular weight excluding hydrogens is 257 g/mol. The van der Waals surface area contributed by atoms with Crippen LogP contribution in [0, 0.1) is 5.41 Å². The zero-order valence-electron chi connectivity index (χ0n) is 9.46. The molecule has 0 rings (SSSR count). The van der Waals surface area contributed by atoms with Crippen molar-refractivity contribution in [3.05, 3.63) is 0 Å². The minimum absolute atomic E-state index is 0.119. The van der Waals surface area contributed by atoms with Gasteiger partial charge in [0.05, 0.1) is 5.75 Å². The van der Waals surface area contributed by atoms with E-state index in [1.54, 1.807) is 0 Å². The third-order valence-electron chi connectivity index (χ3n) is 1.68. The van der Waals surface area contributed by atoms with Crippen LogP contribution in [0.2, 0.25) is 0 Å². The predicted molar refractivity (Wildman–Crippen MR) is 66.3 cm³/mol. The summed E-state index contributed by atoms with van der Waals surface area (Å²) >= 11 is 11.1. The van der Waals surface area contributed by atoms with E-state index in [1.807, 2.05) is 20.8 Å². The van der Waals surface area contributed by atoms with E-state index < -0.39 is 10.0 Å². The molecule has 0 saturated heterocycles. The molecule has 6 heteroatoms. The summed E-state index contributed by atoms with van der Waals surface area (Å²) in [5, 5.41) is 0. The minimum atomic E-state index is -3.24. The Labute approximate surface area is 103 Å². The molecule has 0 radical (unpaired) electrons. The molecule has 0 aliphatic rings. The van der Waals surface area contributed by atoms with Crippen molar-refractivity contribution in [3.8, 4) is 0 Å². The highest BCUT2D eigenvalue weighted by molar-refractivity contribution is 7.89. The van der Waals surface area contributed by atoms with Gasteiger partial charge in [-0.1, -0.05) is 20.8 Å². The first kappa shape index (κ1) is 15.5. The minimum Gasteiger partial charge on any atom is -0.212 e. The molecule has 0 atom stereocenters. The first-order valence-corrected chi connectivity index (χ1v) is 7.50. The number of hydrogen-bond acceptors (Lipinski definition) is 2. The van der Waals surface area contributed by atoms with E-state index in [2.05, 4.69) is 0 Å². The highest BCUT2D eigenvalue weighted by atomic mass is 35.5. The molecule has 0 spiro atoms. The molecule has 0 N–H and O–H groups in total. The summed E-state index contributed by atoms with van der Waals surface area (Å²) in [6.45, 7) is 6.33. The second-order valence-electron chi connectivity index (χ2n) is 4.59. The lowest BCUT2D eigenvalue weighted by molar-refractivity contribution is 0.411. The fourth-order valence-electron chi connectivity index (χ4n) is 1.22. The van der Waals surface area contributed by atoms with Crippen LogP contribution < -0.4 is 0 Å². The van der Waals surface area contributed by atoms with E-state index in [1.165, 1.54) is 4.31 Å². The monoisotopic (exact) mass is 275 g/mol. The number of alkyl halides is 2. The lowest BCUT2D eigenvalue weighted by Gasteiger charge is -2.25. The first-order valence-electron chi connectivity index (χ1n) is 4.83. The summed E-state index contributed by atoms with van der Waals surface area (Å²) in [7, 11) is -3.24. The molecule has 0 fully saturated rings. The van der Waals surface area contributed by atoms with Gasteiger partial charge in [0, 0.05) is 24.8 Å². The zero-order valence-corrected chi connectivity index (χ0v) is 11.8. The molecule has 92 valence electrons. The van der Waals surface area contributed by atoms with Crippen LogP contribution in [0.4, 0.5) is 0 Å². The van der Waals surface area contributed by atoms with Crippen molar-refractivity contribution in [1.29, 1.82) is 0 Å². The lowest BCUT2D eigenvalue weighted by Crippen LogP contribution is -2.39. The fraction of sp³-hybridized carbons (Fsp3) is 1.00. The average Bonchev–Trinajstić information content (AvgIpc) is 1.99. The number of rotatable bonds is 6. The second-order valence-corrected chi connectivity index (χ2v) is 7.32. The Balaban J connectivity index is 4.64. The summed E-state index contributed by atoms with van der Waals surface area (Å²) in [4.78, 5) is 0. The Morgan fingerprint density at radius 3 is 1.73 bits per heavy atom. The van der Waals surface area contributed by atoms with E-state index in [0.29, 0.717) is 24.8 Å². The first-order chi connectivity index (χ1) is 6.73. The van der Waals surface area contributed by atoms with Gasteiger partial charge < -0.3 is 0 Å². The Morgan fingerprint density at radius 2 is 1.47 bits per heavy atom. The van der Waals surface area contributed by atoms with Crippen molar-refractivity contribution in [2.24, 2.45) is 5.41 Å². The highest BCUT2D eigenvalue weighted by Crippen LogP contribution is 2.18. The van der Waals surface area contributed by atoms with Gasteiger partial charge in [0.1, 0.15) is 0 Å². The van der Waals surface area contributed by atoms with Gasteiger partial charge >= 0.3 is 0 Å². The van der Waals surface area contributed by atoms with Crippen LogP contribution in [0.25, 0.3) is 0 Å². The van der Waals surface area contributed by atoms with Gasteiger partial charge in [-0.05, 0) is 5.41 Å². The molecule has 0 aromatic rings. The normalized spacial score (nSPS) is 13.5. The van der Waals surface area contributed by atoms with Crippen LogP contribution in [-0.2, 0) is 10.0 Å². The smallest absolute Gasteiger partial charge is 0.212 e. The number of sulfonamides is 1. The standard InChI is InChI=1S/C9H19Cl2NO2S/c1-9(2,3)8-15(13,14)12(6-4-10)7-5-11/h4-8H2,1-3H3. The Hall–Kier alpha value is 0.490. The van der Waals surface area contributed by atoms with E-state index >= 15 is 0 Å². The van der Waals surface area contributed by atoms with Gasteiger partial charge in [0.25, 0.3) is 0 Å². The largest absolute Gasteiger partial charge is 0.214 e. The molecule has 0 aliphatic heterocycles. The Bertz CT molecular complexity index is 266. The highest BCUT2D eigenvalue weighted by Gasteiger charge is 2.27. The molecule has 15 heavy (non-hydrogen) atoms. The van der Waals surface area contributed by atoms with Crippen molar-refractivity contribution in [1.82, 2.24) is 4.31 Å². The SMILES string of the molecule is CC(C)(C)CS(=O)(=O)N(CCCl)CCCl. The number of nitrogens with zero attached hydrogens (tertiary/aromatic N) is 1. The van der Waals surface area contributed by atoms with Crippen molar-refractivity contribution in [3.63, 3.8) is 0 Å². The Kier molecular flexibility index (Phi) is 6.49. The Morgan fingerprint density at radius 1 is 1.07 bits per heavy atom. The average molecular weight is 276 g/mol. The molecule has 0 unspecified atom stereocenters. The predicted octanol–water partition coefficient (Wildman–Crippen LogP) is 2.14. The third-order valence-corrected chi connectivity index (χ3v) is 4.40. The maximum absolute atomic E-state index is 11.9. The van der Waals surface area contributed by atoms with Gasteiger partial charge in [0.2, 0.25) is 10.0 Å². The molecule has 0 aromatic carbocycles. The van der Waals surface area contributed by atoms with Gasteiger partial charge in [-0.15, -0.1) is 23.2 Å². The lowest BCUT2D eigenvalue weighted by atomic mass is 10.0. The molecule has 0 bridgehead atoms. The number of hydrogen-bond donors (Lipinski definition) is 0. The molecule has 0 saturated carbocycles. The third kappa shape index (κ3) is 6.61. The van der Waals surface area contributed by atoms with Crippen molar-refractivity contribution in [2.45, 2.75) is 20.8 Å². The van der Waals surface area contributed by atoms with E-state index in [-0.39, 0.29) is 11.2 Å². The van der Waals surface area contributed by atoms with Crippen LogP contribution in [0.15, 0.2) is 0 Å². The van der Waals surface area contributed by atoms with Crippen LogP contribution >= 0.6 is 23.2 Å². The zero-order chi connectivity index (χ0) is 12.1. The van der Waals surface area contributed by atoms with E-state index in [9.17, 15) is 8.42 Å². The topological polar surface area (TPSA) is 37.4 Å². The molecule has 3 nitrogen and oxygen atoms in total. The van der Waals surface area contributed by atoms with E-state index in [4.69, 9.17) is 23.2 Å². The summed E-state index contributed by atoms with van der Waals surface area (Å²) in [5.74, 6) is 0.703. The molecule has 0 aliphatic carbocycles. The number of halogens is 2.